The van der Waals surface area contributed by atoms with Gasteiger partial charge in [-0.3, -0.25) is 9.59 Å². The first-order valence-electron chi connectivity index (χ1n) is 8.98. The predicted molar refractivity (Wildman–Crippen MR) is 97.9 cm³/mol. The summed E-state index contributed by atoms with van der Waals surface area (Å²) in [5.74, 6) is 0.779. The molecular weight excluding hydrogens is 339 g/mol. The molecule has 2 fully saturated rings. The van der Waals surface area contributed by atoms with E-state index in [0.717, 1.165) is 32.4 Å². The number of nitrogens with one attached hydrogen (secondary N) is 1. The van der Waals surface area contributed by atoms with Gasteiger partial charge in [-0.1, -0.05) is 25.1 Å². The smallest absolute Gasteiger partial charge is 0.246 e. The van der Waals surface area contributed by atoms with Crippen LogP contribution in [-0.2, 0) is 16.0 Å². The van der Waals surface area contributed by atoms with E-state index in [4.69, 9.17) is 0 Å². The van der Waals surface area contributed by atoms with Crippen LogP contribution >= 0.6 is 11.8 Å². The molecule has 2 heterocycles. The van der Waals surface area contributed by atoms with Gasteiger partial charge in [0.05, 0.1) is 5.25 Å². The van der Waals surface area contributed by atoms with Crippen LogP contribution in [0.15, 0.2) is 24.3 Å². The maximum absolute atomic E-state index is 13.8. The van der Waals surface area contributed by atoms with Gasteiger partial charge in [0.2, 0.25) is 11.8 Å². The minimum Gasteiger partial charge on any atom is -0.343 e. The van der Waals surface area contributed by atoms with Crippen LogP contribution in [0, 0.1) is 11.7 Å². The summed E-state index contributed by atoms with van der Waals surface area (Å²) in [6.45, 7) is 3.77. The highest BCUT2D eigenvalue weighted by Gasteiger charge is 2.35. The molecule has 4 nitrogen and oxygen atoms in total. The number of carbonyl (C=O) groups is 2. The maximum atomic E-state index is 13.8. The van der Waals surface area contributed by atoms with Crippen molar-refractivity contribution in [3.8, 4) is 0 Å². The molecule has 0 radical (unpaired) electrons. The largest absolute Gasteiger partial charge is 0.343 e. The number of nitrogens with zero attached hydrogens (tertiary/aromatic N) is 1. The Hall–Kier alpha value is -1.56. The van der Waals surface area contributed by atoms with E-state index in [2.05, 4.69) is 12.2 Å². The van der Waals surface area contributed by atoms with Gasteiger partial charge in [0, 0.05) is 18.8 Å². The first-order chi connectivity index (χ1) is 12.0. The molecule has 136 valence electrons. The molecule has 0 spiro atoms. The topological polar surface area (TPSA) is 49.4 Å². The highest BCUT2D eigenvalue weighted by molar-refractivity contribution is 8.00. The zero-order chi connectivity index (χ0) is 17.8. The Morgan fingerprint density at radius 1 is 1.32 bits per heavy atom. The lowest BCUT2D eigenvalue weighted by atomic mass is 10.0. The van der Waals surface area contributed by atoms with Crippen LogP contribution in [0.3, 0.4) is 0 Å². The number of rotatable bonds is 3. The normalized spacial score (nSPS) is 27.5. The van der Waals surface area contributed by atoms with Crippen molar-refractivity contribution in [2.75, 3.05) is 18.8 Å². The van der Waals surface area contributed by atoms with Crippen molar-refractivity contribution >= 4 is 23.6 Å². The van der Waals surface area contributed by atoms with E-state index in [1.165, 1.54) is 17.8 Å². The summed E-state index contributed by atoms with van der Waals surface area (Å²) in [6.07, 6.45) is 3.55. The molecule has 1 aromatic carbocycles. The van der Waals surface area contributed by atoms with Gasteiger partial charge in [0.25, 0.3) is 0 Å². The third-order valence-electron chi connectivity index (χ3n) is 5.06. The Bertz CT molecular complexity index is 640. The van der Waals surface area contributed by atoms with Crippen LogP contribution in [0.4, 0.5) is 4.39 Å². The van der Waals surface area contributed by atoms with E-state index < -0.39 is 6.04 Å². The molecule has 2 saturated heterocycles. The van der Waals surface area contributed by atoms with Gasteiger partial charge >= 0.3 is 0 Å². The fourth-order valence-corrected chi connectivity index (χ4v) is 4.61. The second-order valence-corrected chi connectivity index (χ2v) is 8.28. The molecule has 0 saturated carbocycles. The van der Waals surface area contributed by atoms with Crippen LogP contribution in [0.5, 0.6) is 0 Å². The average Bonchev–Trinajstić information content (AvgIpc) is 2.82. The fourth-order valence-electron chi connectivity index (χ4n) is 3.45. The van der Waals surface area contributed by atoms with Gasteiger partial charge in [-0.15, -0.1) is 11.8 Å². The Kier molecular flexibility index (Phi) is 5.99. The summed E-state index contributed by atoms with van der Waals surface area (Å²) in [4.78, 5) is 27.0. The summed E-state index contributed by atoms with van der Waals surface area (Å²) < 4.78 is 13.8. The van der Waals surface area contributed by atoms with Gasteiger partial charge in [-0.2, -0.15) is 0 Å². The molecule has 2 amide bonds. The van der Waals surface area contributed by atoms with Crippen LogP contribution < -0.4 is 5.32 Å². The monoisotopic (exact) mass is 364 g/mol. The summed E-state index contributed by atoms with van der Waals surface area (Å²) in [7, 11) is 0. The Labute approximate surface area is 152 Å². The van der Waals surface area contributed by atoms with Crippen molar-refractivity contribution < 1.29 is 14.0 Å². The van der Waals surface area contributed by atoms with E-state index in [1.807, 2.05) is 4.90 Å². The zero-order valence-corrected chi connectivity index (χ0v) is 15.4. The SMILES string of the molecule is C[C@@H]1CCCN(C(=O)[C@@H]2CS[C@H](Cc3ccccc3F)C(=O)N2)CC1. The summed E-state index contributed by atoms with van der Waals surface area (Å²) in [6, 6.07) is 6.08. The van der Waals surface area contributed by atoms with Gasteiger partial charge in [-0.05, 0) is 43.2 Å². The lowest BCUT2D eigenvalue weighted by Crippen LogP contribution is -2.55. The van der Waals surface area contributed by atoms with Crippen LogP contribution in [-0.4, -0.2) is 46.8 Å². The molecule has 6 heteroatoms. The number of thioether (sulfide) groups is 1. The summed E-state index contributed by atoms with van der Waals surface area (Å²) >= 11 is 1.45. The first kappa shape index (κ1) is 18.2. The number of hydrogen-bond acceptors (Lipinski definition) is 3. The van der Waals surface area contributed by atoms with Crippen molar-refractivity contribution in [2.45, 2.75) is 43.9 Å². The number of amides is 2. The molecule has 2 aliphatic rings. The summed E-state index contributed by atoms with van der Waals surface area (Å²) in [5, 5.41) is 2.52. The lowest BCUT2D eigenvalue weighted by molar-refractivity contribution is -0.136. The zero-order valence-electron chi connectivity index (χ0n) is 14.5. The molecule has 25 heavy (non-hydrogen) atoms. The van der Waals surface area contributed by atoms with E-state index >= 15 is 0 Å². The van der Waals surface area contributed by atoms with E-state index in [9.17, 15) is 14.0 Å². The van der Waals surface area contributed by atoms with Crippen LogP contribution in [0.2, 0.25) is 0 Å². The predicted octanol–water partition coefficient (Wildman–Crippen LogP) is 2.62. The molecule has 0 unspecified atom stereocenters. The number of hydrogen-bond donors (Lipinski definition) is 1. The summed E-state index contributed by atoms with van der Waals surface area (Å²) in [5.41, 5.74) is 0.543. The van der Waals surface area contributed by atoms with Crippen molar-refractivity contribution in [3.05, 3.63) is 35.6 Å². The second kappa shape index (κ2) is 8.21. The molecule has 1 aromatic rings. The average molecular weight is 364 g/mol. The maximum Gasteiger partial charge on any atom is 0.246 e. The third-order valence-corrected chi connectivity index (χ3v) is 6.37. The molecule has 3 atom stereocenters. The fraction of sp³-hybridized carbons (Fsp3) is 0.579. The minimum atomic E-state index is -0.456. The molecule has 1 N–H and O–H groups in total. The Morgan fingerprint density at radius 2 is 2.12 bits per heavy atom. The standard InChI is InChI=1S/C19H25FN2O2S/c1-13-5-4-9-22(10-8-13)19(24)16-12-25-17(18(23)21-16)11-14-6-2-3-7-15(14)20/h2-3,6-7,13,16-17H,4-5,8-12H2,1H3,(H,21,23)/t13-,16+,17-/m1/s1. The minimum absolute atomic E-state index is 0.0271. The highest BCUT2D eigenvalue weighted by atomic mass is 32.2. The van der Waals surface area contributed by atoms with Gasteiger partial charge < -0.3 is 10.2 Å². The lowest BCUT2D eigenvalue weighted by Gasteiger charge is -2.32. The van der Waals surface area contributed by atoms with Crippen molar-refractivity contribution in [1.29, 1.82) is 0 Å². The second-order valence-electron chi connectivity index (χ2n) is 7.04. The quantitative estimate of drug-likeness (QED) is 0.897. The van der Waals surface area contributed by atoms with Gasteiger partial charge in [-0.25, -0.2) is 4.39 Å². The molecule has 3 rings (SSSR count). The number of halogens is 1. The number of benzene rings is 1. The number of carbonyl (C=O) groups excluding carboxylic acids is 2. The number of likely N-dealkylation sites (tertiary alicyclic amines) is 1. The third kappa shape index (κ3) is 4.54. The highest BCUT2D eigenvalue weighted by Crippen LogP contribution is 2.25. The van der Waals surface area contributed by atoms with Crippen molar-refractivity contribution in [1.82, 2.24) is 10.2 Å². The Morgan fingerprint density at radius 3 is 2.88 bits per heavy atom. The molecular formula is C19H25FN2O2S. The van der Waals surface area contributed by atoms with Crippen LogP contribution in [0.25, 0.3) is 0 Å². The first-order valence-corrected chi connectivity index (χ1v) is 10.0. The van der Waals surface area contributed by atoms with Gasteiger partial charge in [0.15, 0.2) is 0 Å². The molecule has 2 aliphatic heterocycles. The van der Waals surface area contributed by atoms with Gasteiger partial charge in [0.1, 0.15) is 11.9 Å². The van der Waals surface area contributed by atoms with E-state index in [-0.39, 0.29) is 22.9 Å². The molecule has 0 bridgehead atoms. The van der Waals surface area contributed by atoms with Crippen molar-refractivity contribution in [2.24, 2.45) is 5.92 Å². The Balaban J connectivity index is 1.57. The van der Waals surface area contributed by atoms with Crippen LogP contribution in [0.1, 0.15) is 31.7 Å². The molecule has 0 aromatic heterocycles. The van der Waals surface area contributed by atoms with Crippen molar-refractivity contribution in [3.63, 3.8) is 0 Å². The van der Waals surface area contributed by atoms with E-state index in [1.54, 1.807) is 18.2 Å². The molecule has 0 aliphatic carbocycles. The van der Waals surface area contributed by atoms with E-state index in [0.29, 0.717) is 23.7 Å².